The third-order valence-corrected chi connectivity index (χ3v) is 2.74. The maximum Gasteiger partial charge on any atom is 0.225 e. The monoisotopic (exact) mass is 272 g/mol. The van der Waals surface area contributed by atoms with Gasteiger partial charge < -0.3 is 11.1 Å². The summed E-state index contributed by atoms with van der Waals surface area (Å²) >= 11 is 4.78. The molecule has 0 saturated heterocycles. The van der Waals surface area contributed by atoms with E-state index < -0.39 is 23.6 Å². The molecule has 98 valence electrons. The van der Waals surface area contributed by atoms with Crippen molar-refractivity contribution < 1.29 is 13.6 Å². The molecule has 1 aromatic rings. The summed E-state index contributed by atoms with van der Waals surface area (Å²) in [4.78, 5) is 11.8. The molecule has 0 aliphatic heterocycles. The van der Waals surface area contributed by atoms with Gasteiger partial charge in [-0.05, 0) is 18.1 Å². The van der Waals surface area contributed by atoms with Crippen molar-refractivity contribution >= 4 is 23.1 Å². The van der Waals surface area contributed by atoms with E-state index in [1.165, 1.54) is 6.07 Å². The van der Waals surface area contributed by atoms with Crippen LogP contribution >= 0.6 is 12.2 Å². The summed E-state index contributed by atoms with van der Waals surface area (Å²) in [6.07, 6.45) is 0.387. The Bertz CT molecular complexity index is 465. The molecule has 18 heavy (non-hydrogen) atoms. The van der Waals surface area contributed by atoms with Gasteiger partial charge in [0.25, 0.3) is 0 Å². The van der Waals surface area contributed by atoms with E-state index in [0.717, 1.165) is 12.1 Å². The number of nitrogens with two attached hydrogens (primary N) is 1. The number of thiocarbonyl (C=S) groups is 1. The summed E-state index contributed by atoms with van der Waals surface area (Å²) < 4.78 is 26.0. The highest BCUT2D eigenvalue weighted by atomic mass is 32.1. The van der Waals surface area contributed by atoms with Crippen LogP contribution in [-0.4, -0.2) is 16.9 Å². The second-order valence-electron chi connectivity index (χ2n) is 3.84. The van der Waals surface area contributed by atoms with E-state index >= 15 is 0 Å². The van der Waals surface area contributed by atoms with Crippen molar-refractivity contribution in [2.24, 2.45) is 5.73 Å². The minimum absolute atomic E-state index is 0.131. The van der Waals surface area contributed by atoms with Gasteiger partial charge in [-0.3, -0.25) is 4.79 Å². The van der Waals surface area contributed by atoms with Crippen LogP contribution in [0.3, 0.4) is 0 Å². The fraction of sp³-hybridized carbons (Fsp3) is 0.333. The van der Waals surface area contributed by atoms with Crippen molar-refractivity contribution in [1.82, 2.24) is 5.32 Å². The van der Waals surface area contributed by atoms with E-state index in [2.05, 4.69) is 5.32 Å². The van der Waals surface area contributed by atoms with E-state index in [9.17, 15) is 13.6 Å². The molecule has 0 aliphatic rings. The molecule has 0 heterocycles. The maximum absolute atomic E-state index is 13.3. The van der Waals surface area contributed by atoms with Crippen molar-refractivity contribution in [1.29, 1.82) is 0 Å². The Labute approximate surface area is 109 Å². The van der Waals surface area contributed by atoms with Crippen LogP contribution in [0.1, 0.15) is 18.9 Å². The van der Waals surface area contributed by atoms with Gasteiger partial charge >= 0.3 is 0 Å². The average molecular weight is 272 g/mol. The molecule has 0 spiro atoms. The molecule has 3 N–H and O–H groups in total. The number of halogens is 2. The summed E-state index contributed by atoms with van der Waals surface area (Å²) in [7, 11) is 0. The molecule has 6 heteroatoms. The molecule has 0 bridgehead atoms. The Morgan fingerprint density at radius 1 is 1.50 bits per heavy atom. The Hall–Kier alpha value is -1.56. The second-order valence-corrected chi connectivity index (χ2v) is 4.31. The zero-order valence-electron chi connectivity index (χ0n) is 9.87. The van der Waals surface area contributed by atoms with Crippen LogP contribution in [0.15, 0.2) is 18.2 Å². The average Bonchev–Trinajstić information content (AvgIpc) is 2.29. The number of carbonyl (C=O) groups excluding carboxylic acids is 1. The van der Waals surface area contributed by atoms with Crippen LogP contribution in [0.2, 0.25) is 0 Å². The lowest BCUT2D eigenvalue weighted by Crippen LogP contribution is -2.43. The number of amides is 1. The van der Waals surface area contributed by atoms with Gasteiger partial charge in [0.15, 0.2) is 0 Å². The van der Waals surface area contributed by atoms with E-state index in [1.54, 1.807) is 0 Å². The predicted octanol–water partition coefficient (Wildman–Crippen LogP) is 1.69. The Morgan fingerprint density at radius 3 is 2.67 bits per heavy atom. The lowest BCUT2D eigenvalue weighted by Gasteiger charge is -2.15. The van der Waals surface area contributed by atoms with Crippen molar-refractivity contribution in [2.45, 2.75) is 25.8 Å². The van der Waals surface area contributed by atoms with Gasteiger partial charge in [0, 0.05) is 6.07 Å². The zero-order chi connectivity index (χ0) is 13.7. The number of carbonyl (C=O) groups is 1. The number of hydrogen-bond acceptors (Lipinski definition) is 2. The summed E-state index contributed by atoms with van der Waals surface area (Å²) in [5.74, 6) is -1.82. The minimum atomic E-state index is -0.742. The first kappa shape index (κ1) is 14.5. The lowest BCUT2D eigenvalue weighted by atomic mass is 10.1. The fourth-order valence-electron chi connectivity index (χ4n) is 1.46. The molecule has 0 fully saturated rings. The molecule has 0 aromatic heterocycles. The molecule has 0 radical (unpaired) electrons. The summed E-state index contributed by atoms with van der Waals surface area (Å²) in [5, 5.41) is 2.59. The van der Waals surface area contributed by atoms with Crippen LogP contribution in [-0.2, 0) is 11.2 Å². The molecule has 3 nitrogen and oxygen atoms in total. The van der Waals surface area contributed by atoms with Crippen molar-refractivity contribution in [3.63, 3.8) is 0 Å². The van der Waals surface area contributed by atoms with Crippen LogP contribution in [0.5, 0.6) is 0 Å². The van der Waals surface area contributed by atoms with Gasteiger partial charge in [-0.2, -0.15) is 0 Å². The first-order chi connectivity index (χ1) is 8.43. The first-order valence-electron chi connectivity index (χ1n) is 5.46. The van der Waals surface area contributed by atoms with Gasteiger partial charge in [0.1, 0.15) is 11.6 Å². The minimum Gasteiger partial charge on any atom is -0.392 e. The third kappa shape index (κ3) is 4.03. The van der Waals surface area contributed by atoms with Crippen LogP contribution in [0.25, 0.3) is 0 Å². The summed E-state index contributed by atoms with van der Waals surface area (Å²) in [5.41, 5.74) is 5.56. The SMILES string of the molecule is CCC(NC(=O)Cc1ccc(F)cc1F)C(N)=S. The smallest absolute Gasteiger partial charge is 0.225 e. The highest BCUT2D eigenvalue weighted by molar-refractivity contribution is 7.80. The van der Waals surface area contributed by atoms with Crippen LogP contribution in [0, 0.1) is 11.6 Å². The second kappa shape index (κ2) is 6.39. The zero-order valence-corrected chi connectivity index (χ0v) is 10.7. The summed E-state index contributed by atoms with van der Waals surface area (Å²) in [6.45, 7) is 1.82. The number of nitrogens with one attached hydrogen (secondary N) is 1. The quantitative estimate of drug-likeness (QED) is 0.802. The van der Waals surface area contributed by atoms with Crippen molar-refractivity contribution in [3.8, 4) is 0 Å². The van der Waals surface area contributed by atoms with Gasteiger partial charge in [-0.25, -0.2) is 8.78 Å². The molecular formula is C12H14F2N2OS. The van der Waals surface area contributed by atoms with Gasteiger partial charge in [0.05, 0.1) is 17.5 Å². The Morgan fingerprint density at radius 2 is 2.17 bits per heavy atom. The molecule has 0 saturated carbocycles. The predicted molar refractivity (Wildman–Crippen MR) is 69.1 cm³/mol. The summed E-state index contributed by atoms with van der Waals surface area (Å²) in [6, 6.07) is 2.69. The van der Waals surface area contributed by atoms with E-state index in [-0.39, 0.29) is 17.0 Å². The third-order valence-electron chi connectivity index (χ3n) is 2.45. The molecule has 1 rings (SSSR count). The Balaban J connectivity index is 2.67. The number of hydrogen-bond donors (Lipinski definition) is 2. The maximum atomic E-state index is 13.3. The highest BCUT2D eigenvalue weighted by Crippen LogP contribution is 2.10. The van der Waals surface area contributed by atoms with Gasteiger partial charge in [0.2, 0.25) is 5.91 Å². The molecular weight excluding hydrogens is 258 g/mol. The van der Waals surface area contributed by atoms with Crippen molar-refractivity contribution in [3.05, 3.63) is 35.4 Å². The lowest BCUT2D eigenvalue weighted by molar-refractivity contribution is -0.120. The van der Waals surface area contributed by atoms with E-state index in [0.29, 0.717) is 6.42 Å². The Kier molecular flexibility index (Phi) is 5.15. The number of benzene rings is 1. The molecule has 1 amide bonds. The molecule has 1 aromatic carbocycles. The molecule has 1 unspecified atom stereocenters. The molecule has 1 atom stereocenters. The molecule has 0 aliphatic carbocycles. The van der Waals surface area contributed by atoms with E-state index in [1.807, 2.05) is 6.92 Å². The van der Waals surface area contributed by atoms with Crippen LogP contribution < -0.4 is 11.1 Å². The van der Waals surface area contributed by atoms with E-state index in [4.69, 9.17) is 18.0 Å². The van der Waals surface area contributed by atoms with Gasteiger partial charge in [-0.15, -0.1) is 0 Å². The highest BCUT2D eigenvalue weighted by Gasteiger charge is 2.14. The first-order valence-corrected chi connectivity index (χ1v) is 5.87. The topological polar surface area (TPSA) is 55.1 Å². The van der Waals surface area contributed by atoms with Gasteiger partial charge in [-0.1, -0.05) is 25.2 Å². The largest absolute Gasteiger partial charge is 0.392 e. The van der Waals surface area contributed by atoms with Crippen LogP contribution in [0.4, 0.5) is 8.78 Å². The number of rotatable bonds is 5. The van der Waals surface area contributed by atoms with Crippen molar-refractivity contribution in [2.75, 3.05) is 0 Å². The standard InChI is InChI=1S/C12H14F2N2OS/c1-2-10(12(15)18)16-11(17)5-7-3-4-8(13)6-9(7)14/h3-4,6,10H,2,5H2,1H3,(H2,15,18)(H,16,17). The normalized spacial score (nSPS) is 11.9. The fourth-order valence-corrected chi connectivity index (χ4v) is 1.68.